The summed E-state index contributed by atoms with van der Waals surface area (Å²) in [4.78, 5) is 13.9. The van der Waals surface area contributed by atoms with E-state index in [1.165, 1.54) is 0 Å². The summed E-state index contributed by atoms with van der Waals surface area (Å²) < 4.78 is 0. The van der Waals surface area contributed by atoms with Crippen molar-refractivity contribution < 1.29 is 4.79 Å². The van der Waals surface area contributed by atoms with Crippen LogP contribution >= 0.6 is 0 Å². The van der Waals surface area contributed by atoms with Gasteiger partial charge in [-0.3, -0.25) is 0 Å². The normalized spacial score (nSPS) is 12.0. The number of benzene rings is 1. The van der Waals surface area contributed by atoms with Gasteiger partial charge in [-0.1, -0.05) is 19.1 Å². The van der Waals surface area contributed by atoms with E-state index in [4.69, 9.17) is 5.73 Å². The van der Waals surface area contributed by atoms with Crippen molar-refractivity contribution in [3.63, 3.8) is 0 Å². The van der Waals surface area contributed by atoms with Gasteiger partial charge in [0.15, 0.2) is 0 Å². The second kappa shape index (κ2) is 7.01. The van der Waals surface area contributed by atoms with Crippen LogP contribution in [0.25, 0.3) is 0 Å². The highest BCUT2D eigenvalue weighted by Crippen LogP contribution is 2.11. The van der Waals surface area contributed by atoms with Crippen LogP contribution in [0.2, 0.25) is 0 Å². The molecule has 4 heteroatoms. The van der Waals surface area contributed by atoms with Crippen LogP contribution in [0.15, 0.2) is 24.3 Å². The van der Waals surface area contributed by atoms with Crippen molar-refractivity contribution in [2.24, 2.45) is 11.7 Å². The van der Waals surface area contributed by atoms with Crippen LogP contribution < -0.4 is 11.1 Å². The van der Waals surface area contributed by atoms with E-state index in [9.17, 15) is 4.79 Å². The molecule has 0 radical (unpaired) electrons. The topological polar surface area (TPSA) is 58.4 Å². The second-order valence-electron chi connectivity index (χ2n) is 4.68. The van der Waals surface area contributed by atoms with Crippen LogP contribution in [-0.4, -0.2) is 30.6 Å². The third-order valence-electron chi connectivity index (χ3n) is 2.87. The molecule has 4 nitrogen and oxygen atoms in total. The van der Waals surface area contributed by atoms with Crippen LogP contribution in [0.5, 0.6) is 0 Å². The molecule has 18 heavy (non-hydrogen) atoms. The summed E-state index contributed by atoms with van der Waals surface area (Å²) in [7, 11) is 0. The van der Waals surface area contributed by atoms with Crippen molar-refractivity contribution in [3.05, 3.63) is 29.8 Å². The Morgan fingerprint density at radius 2 is 2.22 bits per heavy atom. The number of nitrogens with one attached hydrogen (secondary N) is 1. The SMILES string of the molecule is CCN(CC(C)CN)C(=O)Nc1cccc(C)c1. The molecule has 0 fully saturated rings. The molecule has 0 aromatic heterocycles. The number of rotatable bonds is 5. The Morgan fingerprint density at radius 1 is 1.50 bits per heavy atom. The van der Waals surface area contributed by atoms with Gasteiger partial charge in [0.1, 0.15) is 0 Å². The lowest BCUT2D eigenvalue weighted by atomic mass is 10.2. The molecule has 2 amide bonds. The highest BCUT2D eigenvalue weighted by molar-refractivity contribution is 5.89. The number of anilines is 1. The zero-order valence-electron chi connectivity index (χ0n) is 11.4. The van der Waals surface area contributed by atoms with Gasteiger partial charge in [-0.25, -0.2) is 4.79 Å². The van der Waals surface area contributed by atoms with Crippen LogP contribution in [0.3, 0.4) is 0 Å². The van der Waals surface area contributed by atoms with Gasteiger partial charge in [0, 0.05) is 18.8 Å². The molecule has 0 saturated heterocycles. The van der Waals surface area contributed by atoms with E-state index in [0.717, 1.165) is 11.3 Å². The van der Waals surface area contributed by atoms with E-state index in [-0.39, 0.29) is 6.03 Å². The largest absolute Gasteiger partial charge is 0.330 e. The molecule has 1 unspecified atom stereocenters. The average molecular weight is 249 g/mol. The minimum atomic E-state index is -0.0663. The lowest BCUT2D eigenvalue weighted by Gasteiger charge is -2.24. The Morgan fingerprint density at radius 3 is 2.78 bits per heavy atom. The number of hydrogen-bond acceptors (Lipinski definition) is 2. The van der Waals surface area contributed by atoms with Gasteiger partial charge in [-0.05, 0) is 44.0 Å². The molecule has 0 saturated carbocycles. The van der Waals surface area contributed by atoms with Crippen molar-refractivity contribution in [2.75, 3.05) is 25.0 Å². The van der Waals surface area contributed by atoms with Crippen LogP contribution in [0, 0.1) is 12.8 Å². The second-order valence-corrected chi connectivity index (χ2v) is 4.68. The van der Waals surface area contributed by atoms with Gasteiger partial charge in [-0.2, -0.15) is 0 Å². The van der Waals surface area contributed by atoms with E-state index in [1.54, 1.807) is 4.90 Å². The minimum Gasteiger partial charge on any atom is -0.330 e. The van der Waals surface area contributed by atoms with Gasteiger partial charge >= 0.3 is 6.03 Å². The highest BCUT2D eigenvalue weighted by atomic mass is 16.2. The first-order valence-electron chi connectivity index (χ1n) is 6.39. The maximum atomic E-state index is 12.1. The molecule has 1 aromatic carbocycles. The summed E-state index contributed by atoms with van der Waals surface area (Å²) in [5.41, 5.74) is 7.55. The Kier molecular flexibility index (Phi) is 5.65. The van der Waals surface area contributed by atoms with Crippen molar-refractivity contribution in [2.45, 2.75) is 20.8 Å². The molecular formula is C14H23N3O. The molecule has 0 aliphatic heterocycles. The summed E-state index contributed by atoms with van der Waals surface area (Å²) in [5, 5.41) is 2.91. The number of hydrogen-bond donors (Lipinski definition) is 2. The fourth-order valence-electron chi connectivity index (χ4n) is 1.73. The number of aryl methyl sites for hydroxylation is 1. The van der Waals surface area contributed by atoms with Crippen LogP contribution in [0.4, 0.5) is 10.5 Å². The van der Waals surface area contributed by atoms with E-state index in [0.29, 0.717) is 25.6 Å². The monoisotopic (exact) mass is 249 g/mol. The highest BCUT2D eigenvalue weighted by Gasteiger charge is 2.14. The van der Waals surface area contributed by atoms with Gasteiger partial charge in [-0.15, -0.1) is 0 Å². The lowest BCUT2D eigenvalue weighted by molar-refractivity contribution is 0.206. The zero-order valence-corrected chi connectivity index (χ0v) is 11.4. The molecule has 0 heterocycles. The number of nitrogens with two attached hydrogens (primary N) is 1. The van der Waals surface area contributed by atoms with Gasteiger partial charge in [0.2, 0.25) is 0 Å². The van der Waals surface area contributed by atoms with E-state index < -0.39 is 0 Å². The molecule has 3 N–H and O–H groups in total. The molecule has 0 bridgehead atoms. The Hall–Kier alpha value is -1.55. The minimum absolute atomic E-state index is 0.0663. The zero-order chi connectivity index (χ0) is 13.5. The number of carbonyl (C=O) groups is 1. The van der Waals surface area contributed by atoms with E-state index in [1.807, 2.05) is 45.0 Å². The maximum absolute atomic E-state index is 12.1. The van der Waals surface area contributed by atoms with Crippen molar-refractivity contribution >= 4 is 11.7 Å². The lowest BCUT2D eigenvalue weighted by Crippen LogP contribution is -2.39. The fourth-order valence-corrected chi connectivity index (χ4v) is 1.73. The fraction of sp³-hybridized carbons (Fsp3) is 0.500. The third kappa shape index (κ3) is 4.37. The van der Waals surface area contributed by atoms with E-state index in [2.05, 4.69) is 5.32 Å². The molecular weight excluding hydrogens is 226 g/mol. The van der Waals surface area contributed by atoms with Gasteiger partial charge < -0.3 is 16.0 Å². The van der Waals surface area contributed by atoms with Crippen LogP contribution in [0.1, 0.15) is 19.4 Å². The number of urea groups is 1. The first-order chi connectivity index (χ1) is 8.56. The smallest absolute Gasteiger partial charge is 0.321 e. The summed E-state index contributed by atoms with van der Waals surface area (Å²) in [6.07, 6.45) is 0. The molecule has 1 rings (SSSR count). The number of carbonyl (C=O) groups excluding carboxylic acids is 1. The Bertz CT molecular complexity index is 392. The summed E-state index contributed by atoms with van der Waals surface area (Å²) in [5.74, 6) is 0.313. The molecule has 1 atom stereocenters. The third-order valence-corrected chi connectivity index (χ3v) is 2.87. The predicted molar refractivity (Wildman–Crippen MR) is 75.7 cm³/mol. The predicted octanol–water partition coefficient (Wildman–Crippen LogP) is 2.44. The summed E-state index contributed by atoms with van der Waals surface area (Å²) in [6.45, 7) is 7.98. The molecule has 100 valence electrons. The average Bonchev–Trinajstić information content (AvgIpc) is 2.35. The van der Waals surface area contributed by atoms with Gasteiger partial charge in [0.05, 0.1) is 0 Å². The molecule has 0 aliphatic carbocycles. The van der Waals surface area contributed by atoms with Crippen molar-refractivity contribution in [3.8, 4) is 0 Å². The van der Waals surface area contributed by atoms with Crippen molar-refractivity contribution in [1.82, 2.24) is 4.90 Å². The Balaban J connectivity index is 2.62. The first-order valence-corrected chi connectivity index (χ1v) is 6.39. The maximum Gasteiger partial charge on any atom is 0.321 e. The van der Waals surface area contributed by atoms with Gasteiger partial charge in [0.25, 0.3) is 0 Å². The standard InChI is InChI=1S/C14H23N3O/c1-4-17(10-12(3)9-15)14(18)16-13-7-5-6-11(2)8-13/h5-8,12H,4,9-10,15H2,1-3H3,(H,16,18). The molecule has 0 spiro atoms. The van der Waals surface area contributed by atoms with Crippen molar-refractivity contribution in [1.29, 1.82) is 0 Å². The molecule has 0 aliphatic rings. The summed E-state index contributed by atoms with van der Waals surface area (Å²) in [6, 6.07) is 7.72. The van der Waals surface area contributed by atoms with E-state index >= 15 is 0 Å². The number of nitrogens with zero attached hydrogens (tertiary/aromatic N) is 1. The first kappa shape index (κ1) is 14.5. The summed E-state index contributed by atoms with van der Waals surface area (Å²) >= 11 is 0. The quantitative estimate of drug-likeness (QED) is 0.842. The Labute approximate surface area is 109 Å². The number of amides is 2. The molecule has 1 aromatic rings. The van der Waals surface area contributed by atoms with Crippen LogP contribution in [-0.2, 0) is 0 Å².